The molecule has 4 rings (SSSR count). The highest BCUT2D eigenvalue weighted by atomic mass is 32.2. The van der Waals surface area contributed by atoms with Crippen LogP contribution in [0.15, 0.2) is 65.8 Å². The number of pyridine rings is 1. The first-order valence-electron chi connectivity index (χ1n) is 9.94. The molecular formula is C22H22FN3O4S. The van der Waals surface area contributed by atoms with Gasteiger partial charge in [-0.3, -0.25) is 14.1 Å². The van der Waals surface area contributed by atoms with Crippen molar-refractivity contribution in [1.82, 2.24) is 10.3 Å². The maximum absolute atomic E-state index is 13.6. The molecule has 31 heavy (non-hydrogen) atoms. The lowest BCUT2D eigenvalue weighted by atomic mass is 10.2. The zero-order chi connectivity index (χ0) is 21.8. The molecule has 9 heteroatoms. The van der Waals surface area contributed by atoms with Crippen molar-refractivity contribution in [3.63, 3.8) is 0 Å². The second kappa shape index (κ2) is 8.99. The summed E-state index contributed by atoms with van der Waals surface area (Å²) < 4.78 is 47.2. The molecule has 0 radical (unpaired) electrons. The van der Waals surface area contributed by atoms with Crippen LogP contribution in [0.1, 0.15) is 12.8 Å². The van der Waals surface area contributed by atoms with Crippen molar-refractivity contribution in [3.8, 4) is 0 Å². The Kier molecular flexibility index (Phi) is 6.15. The summed E-state index contributed by atoms with van der Waals surface area (Å²) in [6.45, 7) is 0.533. The predicted molar refractivity (Wildman–Crippen MR) is 115 cm³/mol. The molecule has 2 aromatic carbocycles. The lowest BCUT2D eigenvalue weighted by molar-refractivity contribution is -0.120. The van der Waals surface area contributed by atoms with Gasteiger partial charge >= 0.3 is 0 Å². The Morgan fingerprint density at radius 3 is 2.74 bits per heavy atom. The normalized spacial score (nSPS) is 16.4. The average Bonchev–Trinajstić information content (AvgIpc) is 3.30. The molecule has 1 amide bonds. The standard InChI is InChI=1S/C22H22FN3O4S/c23-17-6-8-18(9-7-17)26(15-22(27)25-14-19-4-2-12-30-19)31(28,29)21-5-1-3-16-13-24-11-10-20(16)21/h1,3,5-11,13,19H,2,4,12,14-15H2,(H,25,27). The van der Waals surface area contributed by atoms with Gasteiger partial charge in [0.25, 0.3) is 10.0 Å². The highest BCUT2D eigenvalue weighted by Crippen LogP contribution is 2.29. The fourth-order valence-electron chi connectivity index (χ4n) is 3.58. The lowest BCUT2D eigenvalue weighted by Crippen LogP contribution is -2.42. The van der Waals surface area contributed by atoms with Gasteiger partial charge in [-0.1, -0.05) is 12.1 Å². The number of aromatic nitrogens is 1. The van der Waals surface area contributed by atoms with Gasteiger partial charge in [0.2, 0.25) is 5.91 Å². The van der Waals surface area contributed by atoms with Crippen molar-refractivity contribution < 1.29 is 22.3 Å². The van der Waals surface area contributed by atoms with Crippen molar-refractivity contribution in [2.24, 2.45) is 0 Å². The molecule has 162 valence electrons. The Labute approximate surface area is 179 Å². The molecule has 2 heterocycles. The Balaban J connectivity index is 1.67. The van der Waals surface area contributed by atoms with E-state index >= 15 is 0 Å². The van der Waals surface area contributed by atoms with Gasteiger partial charge in [0.15, 0.2) is 0 Å². The van der Waals surface area contributed by atoms with Crippen LogP contribution in [0.5, 0.6) is 0 Å². The summed E-state index contributed by atoms with van der Waals surface area (Å²) in [7, 11) is -4.13. The average molecular weight is 444 g/mol. The number of halogens is 1. The lowest BCUT2D eigenvalue weighted by Gasteiger charge is -2.25. The zero-order valence-corrected chi connectivity index (χ0v) is 17.5. The SMILES string of the molecule is O=C(CN(c1ccc(F)cc1)S(=O)(=O)c1cccc2cnccc12)NCC1CCCO1. The molecular weight excluding hydrogens is 421 g/mol. The molecule has 1 saturated heterocycles. The van der Waals surface area contributed by atoms with Crippen LogP contribution in [0.3, 0.4) is 0 Å². The van der Waals surface area contributed by atoms with E-state index < -0.39 is 28.3 Å². The van der Waals surface area contributed by atoms with Gasteiger partial charge in [0.05, 0.1) is 16.7 Å². The molecule has 1 aliphatic rings. The molecule has 0 saturated carbocycles. The number of hydrogen-bond acceptors (Lipinski definition) is 5. The Bertz CT molecular complexity index is 1170. The largest absolute Gasteiger partial charge is 0.376 e. The number of amides is 1. The number of hydrogen-bond donors (Lipinski definition) is 1. The van der Waals surface area contributed by atoms with Gasteiger partial charge in [0.1, 0.15) is 12.4 Å². The van der Waals surface area contributed by atoms with E-state index in [1.54, 1.807) is 24.4 Å². The van der Waals surface area contributed by atoms with Crippen LogP contribution >= 0.6 is 0 Å². The van der Waals surface area contributed by atoms with Crippen molar-refractivity contribution in [2.45, 2.75) is 23.8 Å². The van der Waals surface area contributed by atoms with Crippen molar-refractivity contribution >= 4 is 32.4 Å². The molecule has 3 aromatic rings. The van der Waals surface area contributed by atoms with Crippen molar-refractivity contribution in [3.05, 3.63) is 66.7 Å². The summed E-state index contributed by atoms with van der Waals surface area (Å²) in [6, 6.07) is 11.5. The number of carbonyl (C=O) groups is 1. The van der Waals surface area contributed by atoms with Crippen LogP contribution < -0.4 is 9.62 Å². The number of nitrogens with one attached hydrogen (secondary N) is 1. The molecule has 1 aromatic heterocycles. The summed E-state index contributed by atoms with van der Waals surface area (Å²) in [5.74, 6) is -0.967. The van der Waals surface area contributed by atoms with Gasteiger partial charge in [-0.25, -0.2) is 12.8 Å². The van der Waals surface area contributed by atoms with E-state index in [-0.39, 0.29) is 16.7 Å². The minimum Gasteiger partial charge on any atom is -0.376 e. The third-order valence-electron chi connectivity index (χ3n) is 5.16. The fraction of sp³-hybridized carbons (Fsp3) is 0.273. The predicted octanol–water partition coefficient (Wildman–Crippen LogP) is 2.86. The van der Waals surface area contributed by atoms with E-state index in [4.69, 9.17) is 4.74 Å². The third-order valence-corrected chi connectivity index (χ3v) is 6.99. The summed E-state index contributed by atoms with van der Waals surface area (Å²) in [5.41, 5.74) is 0.194. The van der Waals surface area contributed by atoms with E-state index in [9.17, 15) is 17.6 Å². The number of fused-ring (bicyclic) bond motifs is 1. The Morgan fingerprint density at radius 1 is 1.19 bits per heavy atom. The first-order valence-corrected chi connectivity index (χ1v) is 11.4. The third kappa shape index (κ3) is 4.67. The second-order valence-electron chi connectivity index (χ2n) is 7.28. The summed E-state index contributed by atoms with van der Waals surface area (Å²) in [6.07, 6.45) is 4.81. The molecule has 0 aliphatic carbocycles. The van der Waals surface area contributed by atoms with E-state index in [1.165, 1.54) is 24.4 Å². The molecule has 1 fully saturated rings. The number of carbonyl (C=O) groups excluding carboxylic acids is 1. The minimum absolute atomic E-state index is 0.0450. The van der Waals surface area contributed by atoms with Crippen LogP contribution in [0, 0.1) is 5.82 Å². The molecule has 1 aliphatic heterocycles. The highest BCUT2D eigenvalue weighted by molar-refractivity contribution is 7.93. The van der Waals surface area contributed by atoms with Crippen LogP contribution in [0.4, 0.5) is 10.1 Å². The fourth-order valence-corrected chi connectivity index (χ4v) is 5.22. The van der Waals surface area contributed by atoms with Crippen LogP contribution in [0.2, 0.25) is 0 Å². The van der Waals surface area contributed by atoms with Gasteiger partial charge in [-0.2, -0.15) is 0 Å². The molecule has 7 nitrogen and oxygen atoms in total. The molecule has 1 N–H and O–H groups in total. The number of nitrogens with zero attached hydrogens (tertiary/aromatic N) is 2. The van der Waals surface area contributed by atoms with Gasteiger partial charge < -0.3 is 10.1 Å². The van der Waals surface area contributed by atoms with E-state index in [1.807, 2.05) is 0 Å². The minimum atomic E-state index is -4.13. The molecule has 0 spiro atoms. The van der Waals surface area contributed by atoms with E-state index in [2.05, 4.69) is 10.3 Å². The van der Waals surface area contributed by atoms with Crippen LogP contribution in [-0.4, -0.2) is 45.1 Å². The van der Waals surface area contributed by atoms with E-state index in [0.29, 0.717) is 23.9 Å². The molecule has 1 atom stereocenters. The first kappa shape index (κ1) is 21.2. The van der Waals surface area contributed by atoms with Crippen molar-refractivity contribution in [1.29, 1.82) is 0 Å². The topological polar surface area (TPSA) is 88.6 Å². The van der Waals surface area contributed by atoms with Gasteiger partial charge in [-0.05, 0) is 49.2 Å². The molecule has 0 bridgehead atoms. The van der Waals surface area contributed by atoms with Crippen LogP contribution in [0.25, 0.3) is 10.8 Å². The van der Waals surface area contributed by atoms with Crippen molar-refractivity contribution in [2.75, 3.05) is 24.0 Å². The maximum Gasteiger partial charge on any atom is 0.265 e. The number of rotatable bonds is 7. The van der Waals surface area contributed by atoms with Gasteiger partial charge in [-0.15, -0.1) is 0 Å². The Morgan fingerprint density at radius 2 is 2.00 bits per heavy atom. The van der Waals surface area contributed by atoms with Crippen LogP contribution in [-0.2, 0) is 19.6 Å². The summed E-state index contributed by atoms with van der Waals surface area (Å²) >= 11 is 0. The second-order valence-corrected chi connectivity index (χ2v) is 9.11. The summed E-state index contributed by atoms with van der Waals surface area (Å²) in [5, 5.41) is 3.89. The number of ether oxygens (including phenoxy) is 1. The monoisotopic (exact) mass is 443 g/mol. The van der Waals surface area contributed by atoms with Gasteiger partial charge in [0, 0.05) is 36.3 Å². The number of sulfonamides is 1. The first-order chi connectivity index (χ1) is 14.9. The Hall–Kier alpha value is -3.04. The highest BCUT2D eigenvalue weighted by Gasteiger charge is 2.29. The smallest absolute Gasteiger partial charge is 0.265 e. The number of anilines is 1. The maximum atomic E-state index is 13.6. The molecule has 1 unspecified atom stereocenters. The zero-order valence-electron chi connectivity index (χ0n) is 16.7. The quantitative estimate of drug-likeness (QED) is 0.607. The van der Waals surface area contributed by atoms with E-state index in [0.717, 1.165) is 29.3 Å². The number of benzene rings is 2. The summed E-state index contributed by atoms with van der Waals surface area (Å²) in [4.78, 5) is 16.7.